The highest BCUT2D eigenvalue weighted by Gasteiger charge is 2.23. The minimum atomic E-state index is -0.251. The van der Waals surface area contributed by atoms with E-state index in [1.807, 2.05) is 4.90 Å². The van der Waals surface area contributed by atoms with E-state index in [9.17, 15) is 4.79 Å². The normalized spacial score (nSPS) is 19.7. The average molecular weight is 279 g/mol. The Morgan fingerprint density at radius 1 is 1.63 bits per heavy atom. The molecule has 1 aliphatic heterocycles. The van der Waals surface area contributed by atoms with Crippen molar-refractivity contribution in [1.29, 1.82) is 5.26 Å². The number of anilines is 1. The molecule has 0 aromatic heterocycles. The number of nitriles is 1. The van der Waals surface area contributed by atoms with Gasteiger partial charge in [0, 0.05) is 30.3 Å². The smallest absolute Gasteiger partial charge is 0.238 e. The zero-order chi connectivity index (χ0) is 13.7. The summed E-state index contributed by atoms with van der Waals surface area (Å²) < 4.78 is 0. The van der Waals surface area contributed by atoms with Gasteiger partial charge in [-0.1, -0.05) is 17.7 Å². The van der Waals surface area contributed by atoms with Crippen molar-refractivity contribution in [3.8, 4) is 6.07 Å². The van der Waals surface area contributed by atoms with Crippen LogP contribution >= 0.6 is 11.6 Å². The van der Waals surface area contributed by atoms with Crippen LogP contribution in [-0.4, -0.2) is 43.0 Å². The lowest BCUT2D eigenvalue weighted by Crippen LogP contribution is -2.52. The van der Waals surface area contributed by atoms with E-state index in [1.54, 1.807) is 24.3 Å². The third-order valence-corrected chi connectivity index (χ3v) is 3.19. The van der Waals surface area contributed by atoms with Crippen LogP contribution in [0.15, 0.2) is 24.3 Å². The molecule has 0 saturated carbocycles. The SMILES string of the molecule is N#CC1CNCCN1CC(=O)Nc1cccc(Cl)c1. The molecule has 0 radical (unpaired) electrons. The lowest BCUT2D eigenvalue weighted by molar-refractivity contribution is -0.117. The number of carbonyl (C=O) groups excluding carboxylic acids is 1. The summed E-state index contributed by atoms with van der Waals surface area (Å²) in [5.74, 6) is -0.135. The monoisotopic (exact) mass is 278 g/mol. The van der Waals surface area contributed by atoms with Crippen LogP contribution in [0.5, 0.6) is 0 Å². The van der Waals surface area contributed by atoms with Crippen molar-refractivity contribution in [1.82, 2.24) is 10.2 Å². The highest BCUT2D eigenvalue weighted by molar-refractivity contribution is 6.30. The lowest BCUT2D eigenvalue weighted by atomic mass is 10.2. The second kappa shape index (κ2) is 6.53. The molecule has 5 nitrogen and oxygen atoms in total. The van der Waals surface area contributed by atoms with Crippen LogP contribution in [0.2, 0.25) is 5.02 Å². The van der Waals surface area contributed by atoms with Gasteiger partial charge in [-0.15, -0.1) is 0 Å². The van der Waals surface area contributed by atoms with Crippen LogP contribution in [0.1, 0.15) is 0 Å². The number of amides is 1. The van der Waals surface area contributed by atoms with Gasteiger partial charge in [-0.3, -0.25) is 9.69 Å². The fourth-order valence-corrected chi connectivity index (χ4v) is 2.20. The Kier molecular flexibility index (Phi) is 4.74. The Balaban J connectivity index is 1.92. The van der Waals surface area contributed by atoms with Crippen LogP contribution in [0.25, 0.3) is 0 Å². The van der Waals surface area contributed by atoms with Crippen LogP contribution < -0.4 is 10.6 Å². The first-order valence-corrected chi connectivity index (χ1v) is 6.46. The molecule has 2 N–H and O–H groups in total. The number of hydrogen-bond donors (Lipinski definition) is 2. The highest BCUT2D eigenvalue weighted by atomic mass is 35.5. The van der Waals surface area contributed by atoms with Gasteiger partial charge in [0.15, 0.2) is 0 Å². The van der Waals surface area contributed by atoms with Crippen molar-refractivity contribution >= 4 is 23.2 Å². The first-order chi connectivity index (χ1) is 9.19. The number of nitrogens with one attached hydrogen (secondary N) is 2. The van der Waals surface area contributed by atoms with E-state index in [1.165, 1.54) is 0 Å². The number of hydrogen-bond acceptors (Lipinski definition) is 4. The minimum Gasteiger partial charge on any atom is -0.325 e. The Labute approximate surface area is 117 Å². The summed E-state index contributed by atoms with van der Waals surface area (Å²) in [6.45, 7) is 2.30. The maximum Gasteiger partial charge on any atom is 0.238 e. The fourth-order valence-electron chi connectivity index (χ4n) is 2.01. The molecule has 1 saturated heterocycles. The molecule has 1 heterocycles. The topological polar surface area (TPSA) is 68.2 Å². The summed E-state index contributed by atoms with van der Waals surface area (Å²) in [5.41, 5.74) is 0.668. The number of carbonyl (C=O) groups is 1. The molecule has 2 rings (SSSR count). The number of nitrogens with zero attached hydrogens (tertiary/aromatic N) is 2. The summed E-state index contributed by atoms with van der Waals surface area (Å²) in [6.07, 6.45) is 0. The molecule has 100 valence electrons. The van der Waals surface area contributed by atoms with Gasteiger partial charge in [-0.25, -0.2) is 0 Å². The van der Waals surface area contributed by atoms with Crippen LogP contribution in [-0.2, 0) is 4.79 Å². The third-order valence-electron chi connectivity index (χ3n) is 2.96. The summed E-state index contributed by atoms with van der Waals surface area (Å²) >= 11 is 5.85. The van der Waals surface area contributed by atoms with Gasteiger partial charge in [0.25, 0.3) is 0 Å². The first kappa shape index (κ1) is 13.8. The number of benzene rings is 1. The van der Waals surface area contributed by atoms with E-state index in [4.69, 9.17) is 16.9 Å². The molecule has 0 spiro atoms. The van der Waals surface area contributed by atoms with Gasteiger partial charge in [-0.05, 0) is 18.2 Å². The van der Waals surface area contributed by atoms with Crippen molar-refractivity contribution in [3.63, 3.8) is 0 Å². The molecule has 0 aliphatic carbocycles. The van der Waals surface area contributed by atoms with E-state index in [0.29, 0.717) is 23.8 Å². The summed E-state index contributed by atoms with van der Waals surface area (Å²) in [7, 11) is 0. The van der Waals surface area contributed by atoms with E-state index in [2.05, 4.69) is 16.7 Å². The average Bonchev–Trinajstić information content (AvgIpc) is 2.39. The Morgan fingerprint density at radius 3 is 3.21 bits per heavy atom. The number of piperazine rings is 1. The Hall–Kier alpha value is -1.61. The summed E-state index contributed by atoms with van der Waals surface area (Å²) in [4.78, 5) is 13.8. The third kappa shape index (κ3) is 3.93. The maximum absolute atomic E-state index is 11.9. The van der Waals surface area contributed by atoms with Gasteiger partial charge in [-0.2, -0.15) is 5.26 Å². The number of halogens is 1. The molecule has 0 bridgehead atoms. The van der Waals surface area contributed by atoms with Crippen molar-refractivity contribution in [2.45, 2.75) is 6.04 Å². The fraction of sp³-hybridized carbons (Fsp3) is 0.385. The Morgan fingerprint density at radius 2 is 2.47 bits per heavy atom. The quantitative estimate of drug-likeness (QED) is 0.868. The molecule has 1 aromatic carbocycles. The largest absolute Gasteiger partial charge is 0.325 e. The maximum atomic E-state index is 11.9. The predicted octanol–water partition coefficient (Wildman–Crippen LogP) is 1.08. The van der Waals surface area contributed by atoms with Gasteiger partial charge >= 0.3 is 0 Å². The van der Waals surface area contributed by atoms with E-state index in [-0.39, 0.29) is 18.5 Å². The van der Waals surface area contributed by atoms with Gasteiger partial charge < -0.3 is 10.6 Å². The molecule has 1 atom stereocenters. The second-order valence-electron chi connectivity index (χ2n) is 4.38. The zero-order valence-electron chi connectivity index (χ0n) is 10.4. The standard InChI is InChI=1S/C13H15ClN4O/c14-10-2-1-3-11(6-10)17-13(19)9-18-5-4-16-8-12(18)7-15/h1-3,6,12,16H,4-5,8-9H2,(H,17,19). The highest BCUT2D eigenvalue weighted by Crippen LogP contribution is 2.15. The summed E-state index contributed by atoms with van der Waals surface area (Å²) in [5, 5.41) is 15.5. The second-order valence-corrected chi connectivity index (χ2v) is 4.81. The predicted molar refractivity (Wildman–Crippen MR) is 73.9 cm³/mol. The van der Waals surface area contributed by atoms with E-state index < -0.39 is 0 Å². The molecular formula is C13H15ClN4O. The molecular weight excluding hydrogens is 264 g/mol. The molecule has 1 aromatic rings. The minimum absolute atomic E-state index is 0.135. The van der Waals surface area contributed by atoms with Gasteiger partial charge in [0.1, 0.15) is 6.04 Å². The zero-order valence-corrected chi connectivity index (χ0v) is 11.2. The van der Waals surface area contributed by atoms with Gasteiger partial charge in [0.05, 0.1) is 12.6 Å². The Bertz CT molecular complexity index is 500. The van der Waals surface area contributed by atoms with Crippen molar-refractivity contribution in [2.24, 2.45) is 0 Å². The molecule has 19 heavy (non-hydrogen) atoms. The van der Waals surface area contributed by atoms with Crippen molar-refractivity contribution < 1.29 is 4.79 Å². The van der Waals surface area contributed by atoms with Crippen LogP contribution in [0.3, 0.4) is 0 Å². The number of rotatable bonds is 3. The van der Waals surface area contributed by atoms with Crippen molar-refractivity contribution in [2.75, 3.05) is 31.5 Å². The molecule has 1 aliphatic rings. The van der Waals surface area contributed by atoms with Crippen molar-refractivity contribution in [3.05, 3.63) is 29.3 Å². The molecule has 6 heteroatoms. The first-order valence-electron chi connectivity index (χ1n) is 6.09. The molecule has 1 unspecified atom stereocenters. The van der Waals surface area contributed by atoms with E-state index >= 15 is 0 Å². The van der Waals surface area contributed by atoms with Crippen LogP contribution in [0.4, 0.5) is 5.69 Å². The summed E-state index contributed by atoms with van der Waals surface area (Å²) in [6, 6.07) is 8.95. The molecule has 1 amide bonds. The van der Waals surface area contributed by atoms with E-state index in [0.717, 1.165) is 6.54 Å². The lowest BCUT2D eigenvalue weighted by Gasteiger charge is -2.31. The molecule has 1 fully saturated rings. The van der Waals surface area contributed by atoms with Gasteiger partial charge in [0.2, 0.25) is 5.91 Å². The van der Waals surface area contributed by atoms with Crippen LogP contribution in [0, 0.1) is 11.3 Å².